The van der Waals surface area contributed by atoms with Crippen LogP contribution in [0.5, 0.6) is 11.5 Å². The van der Waals surface area contributed by atoms with Gasteiger partial charge in [-0.2, -0.15) is 10.4 Å². The predicted molar refractivity (Wildman–Crippen MR) is 67.3 cm³/mol. The van der Waals surface area contributed by atoms with Crippen LogP contribution in [0, 0.1) is 17.1 Å². The van der Waals surface area contributed by atoms with Crippen LogP contribution in [-0.4, -0.2) is 10.2 Å². The molecule has 0 fully saturated rings. The third-order valence-electron chi connectivity index (χ3n) is 2.72. The van der Waals surface area contributed by atoms with Crippen LogP contribution in [0.25, 0.3) is 10.9 Å². The molecule has 3 aromatic rings. The van der Waals surface area contributed by atoms with E-state index in [0.29, 0.717) is 5.75 Å². The lowest BCUT2D eigenvalue weighted by Crippen LogP contribution is -1.92. The molecule has 0 saturated heterocycles. The Hall–Kier alpha value is -2.87. The largest absolute Gasteiger partial charge is 0.453 e. The lowest BCUT2D eigenvalue weighted by molar-refractivity contribution is 0.441. The summed E-state index contributed by atoms with van der Waals surface area (Å²) in [4.78, 5) is 0. The molecule has 0 unspecified atom stereocenters. The molecule has 0 aliphatic carbocycles. The van der Waals surface area contributed by atoms with Gasteiger partial charge < -0.3 is 4.74 Å². The number of H-pyrrole nitrogens is 1. The number of nitrogens with one attached hydrogen (secondary N) is 1. The molecule has 1 heterocycles. The maximum atomic E-state index is 13.7. The molecule has 0 radical (unpaired) electrons. The first-order valence-electron chi connectivity index (χ1n) is 5.57. The van der Waals surface area contributed by atoms with Crippen LogP contribution in [0.15, 0.2) is 42.6 Å². The Morgan fingerprint density at radius 2 is 2.16 bits per heavy atom. The van der Waals surface area contributed by atoms with Gasteiger partial charge in [0.1, 0.15) is 11.8 Å². The fourth-order valence-corrected chi connectivity index (χ4v) is 1.80. The fraction of sp³-hybridized carbons (Fsp3) is 0. The monoisotopic (exact) mass is 253 g/mol. The highest BCUT2D eigenvalue weighted by Crippen LogP contribution is 2.29. The molecule has 92 valence electrons. The number of fused-ring (bicyclic) bond motifs is 1. The van der Waals surface area contributed by atoms with E-state index in [1.54, 1.807) is 24.4 Å². The topological polar surface area (TPSA) is 61.7 Å². The Morgan fingerprint density at radius 1 is 1.26 bits per heavy atom. The highest BCUT2D eigenvalue weighted by atomic mass is 19.1. The first-order chi connectivity index (χ1) is 9.28. The number of rotatable bonds is 2. The lowest BCUT2D eigenvalue weighted by atomic mass is 10.2. The molecule has 0 aliphatic heterocycles. The average Bonchev–Trinajstić information content (AvgIpc) is 2.88. The first-order valence-corrected chi connectivity index (χ1v) is 5.57. The second-order valence-corrected chi connectivity index (χ2v) is 3.95. The van der Waals surface area contributed by atoms with Crippen molar-refractivity contribution in [3.63, 3.8) is 0 Å². The van der Waals surface area contributed by atoms with Gasteiger partial charge in [0.2, 0.25) is 0 Å². The van der Waals surface area contributed by atoms with E-state index in [9.17, 15) is 4.39 Å². The van der Waals surface area contributed by atoms with Crippen molar-refractivity contribution < 1.29 is 9.13 Å². The van der Waals surface area contributed by atoms with Crippen molar-refractivity contribution in [1.82, 2.24) is 10.2 Å². The summed E-state index contributed by atoms with van der Waals surface area (Å²) in [5.74, 6) is -0.172. The molecule has 19 heavy (non-hydrogen) atoms. The number of para-hydroxylation sites is 1. The van der Waals surface area contributed by atoms with Crippen LogP contribution in [0.3, 0.4) is 0 Å². The van der Waals surface area contributed by atoms with E-state index >= 15 is 0 Å². The van der Waals surface area contributed by atoms with E-state index in [0.717, 1.165) is 10.9 Å². The standard InChI is InChI=1S/C14H8FN3O/c15-12-3-1-2-9(7-16)14(12)19-11-4-5-13-10(6-11)8-17-18-13/h1-6,8H,(H,17,18). The van der Waals surface area contributed by atoms with E-state index in [2.05, 4.69) is 10.2 Å². The second-order valence-electron chi connectivity index (χ2n) is 3.95. The van der Waals surface area contributed by atoms with Gasteiger partial charge in [-0.15, -0.1) is 0 Å². The Bertz CT molecular complexity index is 789. The molecule has 0 amide bonds. The Kier molecular flexibility index (Phi) is 2.62. The van der Waals surface area contributed by atoms with Gasteiger partial charge in [0.15, 0.2) is 11.6 Å². The average molecular weight is 253 g/mol. The van der Waals surface area contributed by atoms with E-state index in [-0.39, 0.29) is 11.3 Å². The normalized spacial score (nSPS) is 10.3. The zero-order chi connectivity index (χ0) is 13.2. The molecule has 0 saturated carbocycles. The van der Waals surface area contributed by atoms with Crippen LogP contribution in [-0.2, 0) is 0 Å². The number of nitrogens with zero attached hydrogens (tertiary/aromatic N) is 2. The van der Waals surface area contributed by atoms with Gasteiger partial charge >= 0.3 is 0 Å². The molecule has 3 rings (SSSR count). The third kappa shape index (κ3) is 2.00. The number of nitriles is 1. The number of hydrogen-bond acceptors (Lipinski definition) is 3. The number of ether oxygens (including phenoxy) is 1. The van der Waals surface area contributed by atoms with Gasteiger partial charge in [0.05, 0.1) is 17.3 Å². The number of benzene rings is 2. The molecule has 0 spiro atoms. The highest BCUT2D eigenvalue weighted by molar-refractivity contribution is 5.79. The van der Waals surface area contributed by atoms with Crippen LogP contribution in [0.2, 0.25) is 0 Å². The highest BCUT2D eigenvalue weighted by Gasteiger charge is 2.11. The zero-order valence-electron chi connectivity index (χ0n) is 9.72. The lowest BCUT2D eigenvalue weighted by Gasteiger charge is -2.08. The SMILES string of the molecule is N#Cc1cccc(F)c1Oc1ccc2[nH]ncc2c1. The Labute approximate surface area is 108 Å². The van der Waals surface area contributed by atoms with Crippen molar-refractivity contribution >= 4 is 10.9 Å². The van der Waals surface area contributed by atoms with Gasteiger partial charge in [0, 0.05) is 5.39 Å². The number of halogens is 1. The Balaban J connectivity index is 2.03. The van der Waals surface area contributed by atoms with E-state index in [1.807, 2.05) is 6.07 Å². The summed E-state index contributed by atoms with van der Waals surface area (Å²) < 4.78 is 19.2. The summed E-state index contributed by atoms with van der Waals surface area (Å²) in [6, 6.07) is 11.3. The van der Waals surface area contributed by atoms with Gasteiger partial charge in [0.25, 0.3) is 0 Å². The minimum absolute atomic E-state index is 0.0622. The van der Waals surface area contributed by atoms with E-state index in [4.69, 9.17) is 10.00 Å². The van der Waals surface area contributed by atoms with E-state index < -0.39 is 5.82 Å². The zero-order valence-corrected chi connectivity index (χ0v) is 9.72. The maximum absolute atomic E-state index is 13.7. The van der Waals surface area contributed by atoms with Gasteiger partial charge in [-0.1, -0.05) is 6.07 Å². The maximum Gasteiger partial charge on any atom is 0.180 e. The van der Waals surface area contributed by atoms with Crippen LogP contribution in [0.1, 0.15) is 5.56 Å². The van der Waals surface area contributed by atoms with Crippen molar-refractivity contribution in [1.29, 1.82) is 5.26 Å². The molecule has 5 heteroatoms. The molecule has 0 bridgehead atoms. The van der Waals surface area contributed by atoms with E-state index in [1.165, 1.54) is 18.2 Å². The Morgan fingerprint density at radius 3 is 3.00 bits per heavy atom. The molecule has 4 nitrogen and oxygen atoms in total. The van der Waals surface area contributed by atoms with Crippen LogP contribution < -0.4 is 4.74 Å². The predicted octanol–water partition coefficient (Wildman–Crippen LogP) is 3.37. The number of hydrogen-bond donors (Lipinski definition) is 1. The first kappa shape index (κ1) is 11.2. The molecule has 0 aliphatic rings. The summed E-state index contributed by atoms with van der Waals surface area (Å²) in [6.07, 6.45) is 1.65. The van der Waals surface area contributed by atoms with Gasteiger partial charge in [-0.3, -0.25) is 5.10 Å². The summed E-state index contributed by atoms with van der Waals surface area (Å²) in [5, 5.41) is 16.5. The van der Waals surface area contributed by atoms with Gasteiger partial charge in [-0.05, 0) is 30.3 Å². The minimum Gasteiger partial charge on any atom is -0.453 e. The molecular weight excluding hydrogens is 245 g/mol. The fourth-order valence-electron chi connectivity index (χ4n) is 1.80. The van der Waals surface area contributed by atoms with Crippen molar-refractivity contribution in [3.8, 4) is 17.6 Å². The molecule has 1 aromatic heterocycles. The number of aromatic nitrogens is 2. The summed E-state index contributed by atoms with van der Waals surface area (Å²) in [5.41, 5.74) is 1.02. The van der Waals surface area contributed by atoms with Crippen molar-refractivity contribution in [3.05, 3.63) is 54.0 Å². The molecule has 0 atom stereocenters. The summed E-state index contributed by atoms with van der Waals surface area (Å²) in [6.45, 7) is 0. The minimum atomic E-state index is -0.564. The molecular formula is C14H8FN3O. The van der Waals surface area contributed by atoms with Crippen molar-refractivity contribution in [2.24, 2.45) is 0 Å². The number of aromatic amines is 1. The van der Waals surface area contributed by atoms with Gasteiger partial charge in [-0.25, -0.2) is 4.39 Å². The van der Waals surface area contributed by atoms with Crippen molar-refractivity contribution in [2.45, 2.75) is 0 Å². The quantitative estimate of drug-likeness (QED) is 0.761. The molecule has 2 aromatic carbocycles. The third-order valence-corrected chi connectivity index (χ3v) is 2.72. The molecule has 1 N–H and O–H groups in total. The smallest absolute Gasteiger partial charge is 0.180 e. The van der Waals surface area contributed by atoms with Crippen LogP contribution >= 0.6 is 0 Å². The van der Waals surface area contributed by atoms with Crippen molar-refractivity contribution in [2.75, 3.05) is 0 Å². The summed E-state index contributed by atoms with van der Waals surface area (Å²) >= 11 is 0. The second kappa shape index (κ2) is 4.42. The van der Waals surface area contributed by atoms with Crippen LogP contribution in [0.4, 0.5) is 4.39 Å². The summed E-state index contributed by atoms with van der Waals surface area (Å²) in [7, 11) is 0.